The highest BCUT2D eigenvalue weighted by atomic mass is 35.5. The Morgan fingerprint density at radius 1 is 1.25 bits per heavy atom. The number of rotatable bonds is 2. The Labute approximate surface area is 150 Å². The molecule has 0 spiro atoms. The summed E-state index contributed by atoms with van der Waals surface area (Å²) in [6.45, 7) is 3.15. The Morgan fingerprint density at radius 2 is 2.12 bits per heavy atom. The largest absolute Gasteiger partial charge is 0.372 e. The molecule has 0 unspecified atom stereocenters. The molecule has 1 aliphatic rings. The van der Waals surface area contributed by atoms with Gasteiger partial charge in [0, 0.05) is 10.6 Å². The summed E-state index contributed by atoms with van der Waals surface area (Å²) in [5.74, 6) is 0.817. The standard InChI is InChI=1S/C18H16ClN3OS/c1-18(10-23-9-16(24)22-18)12-4-2-3-11(7-12)17-20-14-6-5-13(19)8-15(14)21-17/h2-8H,9-10H2,1H3,(H,20,21)(H,22,24)/t18-/m1/s1. The van der Waals surface area contributed by atoms with Gasteiger partial charge in [-0.1, -0.05) is 42.0 Å². The van der Waals surface area contributed by atoms with Crippen LogP contribution in [0.3, 0.4) is 0 Å². The van der Waals surface area contributed by atoms with Crippen LogP contribution in [-0.4, -0.2) is 28.2 Å². The fourth-order valence-corrected chi connectivity index (χ4v) is 3.49. The van der Waals surface area contributed by atoms with E-state index in [9.17, 15) is 0 Å². The molecule has 0 radical (unpaired) electrons. The number of aromatic nitrogens is 2. The van der Waals surface area contributed by atoms with Crippen LogP contribution in [0.2, 0.25) is 5.02 Å². The van der Waals surface area contributed by atoms with Gasteiger partial charge in [-0.25, -0.2) is 4.98 Å². The van der Waals surface area contributed by atoms with Gasteiger partial charge in [0.15, 0.2) is 0 Å². The topological polar surface area (TPSA) is 49.9 Å². The van der Waals surface area contributed by atoms with E-state index in [2.05, 4.69) is 34.3 Å². The molecule has 1 fully saturated rings. The predicted molar refractivity (Wildman–Crippen MR) is 100 cm³/mol. The Bertz CT molecular complexity index is 939. The molecule has 1 atom stereocenters. The molecule has 4 nitrogen and oxygen atoms in total. The number of fused-ring (bicyclic) bond motifs is 1. The molecular weight excluding hydrogens is 342 g/mol. The van der Waals surface area contributed by atoms with E-state index in [1.807, 2.05) is 30.3 Å². The third-order valence-corrected chi connectivity index (χ3v) is 4.71. The van der Waals surface area contributed by atoms with Gasteiger partial charge in [0.25, 0.3) is 0 Å². The molecule has 0 aliphatic carbocycles. The van der Waals surface area contributed by atoms with E-state index in [0.29, 0.717) is 18.2 Å². The van der Waals surface area contributed by atoms with Crippen molar-refractivity contribution in [3.8, 4) is 11.4 Å². The number of nitrogens with zero attached hydrogens (tertiary/aromatic N) is 1. The maximum atomic E-state index is 6.05. The Balaban J connectivity index is 1.75. The van der Waals surface area contributed by atoms with E-state index in [1.165, 1.54) is 0 Å². The van der Waals surface area contributed by atoms with Gasteiger partial charge in [0.05, 0.1) is 29.8 Å². The number of hydrogen-bond acceptors (Lipinski definition) is 3. The van der Waals surface area contributed by atoms with Crippen LogP contribution >= 0.6 is 23.8 Å². The van der Waals surface area contributed by atoms with E-state index in [-0.39, 0.29) is 5.54 Å². The van der Waals surface area contributed by atoms with E-state index in [1.54, 1.807) is 0 Å². The molecule has 4 rings (SSSR count). The molecule has 0 amide bonds. The lowest BCUT2D eigenvalue weighted by Crippen LogP contribution is -2.52. The summed E-state index contributed by atoms with van der Waals surface area (Å²) in [4.78, 5) is 8.72. The zero-order valence-electron chi connectivity index (χ0n) is 13.1. The predicted octanol–water partition coefficient (Wildman–Crippen LogP) is 4.05. The third-order valence-electron chi connectivity index (χ3n) is 4.26. The minimum absolute atomic E-state index is 0.333. The molecule has 1 aromatic heterocycles. The van der Waals surface area contributed by atoms with E-state index < -0.39 is 0 Å². The fourth-order valence-electron chi connectivity index (χ4n) is 3.01. The van der Waals surface area contributed by atoms with Crippen LogP contribution in [0.5, 0.6) is 0 Å². The molecule has 122 valence electrons. The van der Waals surface area contributed by atoms with Gasteiger partial charge < -0.3 is 15.0 Å². The molecule has 6 heteroatoms. The van der Waals surface area contributed by atoms with Crippen molar-refractivity contribution in [2.75, 3.05) is 13.2 Å². The van der Waals surface area contributed by atoms with Crippen LogP contribution in [0.1, 0.15) is 12.5 Å². The molecule has 1 saturated heterocycles. The lowest BCUT2D eigenvalue weighted by molar-refractivity contribution is 0.0876. The summed E-state index contributed by atoms with van der Waals surface area (Å²) < 4.78 is 5.62. The fraction of sp³-hybridized carbons (Fsp3) is 0.222. The first-order chi connectivity index (χ1) is 11.5. The number of aromatic amines is 1. The first-order valence-electron chi connectivity index (χ1n) is 7.68. The average Bonchev–Trinajstić information content (AvgIpc) is 2.98. The lowest BCUT2D eigenvalue weighted by atomic mass is 9.90. The van der Waals surface area contributed by atoms with Crippen LogP contribution in [0.4, 0.5) is 0 Å². The van der Waals surface area contributed by atoms with Crippen LogP contribution in [0.15, 0.2) is 42.5 Å². The molecule has 2 heterocycles. The number of imidazole rings is 1. The van der Waals surface area contributed by atoms with Crippen LogP contribution < -0.4 is 5.32 Å². The van der Waals surface area contributed by atoms with Gasteiger partial charge in [-0.05, 0) is 36.8 Å². The maximum absolute atomic E-state index is 6.05. The minimum Gasteiger partial charge on any atom is -0.372 e. The third kappa shape index (κ3) is 2.79. The van der Waals surface area contributed by atoms with Crippen molar-refractivity contribution >= 4 is 39.8 Å². The Kier molecular flexibility index (Phi) is 3.79. The summed E-state index contributed by atoms with van der Waals surface area (Å²) in [7, 11) is 0. The zero-order chi connectivity index (χ0) is 16.7. The number of benzene rings is 2. The number of morpholine rings is 1. The highest BCUT2D eigenvalue weighted by molar-refractivity contribution is 7.80. The normalized spacial score (nSPS) is 21.0. The minimum atomic E-state index is -0.333. The number of ether oxygens (including phenoxy) is 1. The summed E-state index contributed by atoms with van der Waals surface area (Å²) in [6, 6.07) is 13.9. The van der Waals surface area contributed by atoms with Gasteiger partial charge in [0.2, 0.25) is 0 Å². The highest BCUT2D eigenvalue weighted by Gasteiger charge is 2.31. The highest BCUT2D eigenvalue weighted by Crippen LogP contribution is 2.29. The molecule has 0 bridgehead atoms. The van der Waals surface area contributed by atoms with Gasteiger partial charge in [-0.15, -0.1) is 0 Å². The summed E-state index contributed by atoms with van der Waals surface area (Å²) >= 11 is 11.3. The van der Waals surface area contributed by atoms with Gasteiger partial charge >= 0.3 is 0 Å². The summed E-state index contributed by atoms with van der Waals surface area (Å²) in [6.07, 6.45) is 0. The van der Waals surface area contributed by atoms with Crippen molar-refractivity contribution in [2.45, 2.75) is 12.5 Å². The molecule has 0 saturated carbocycles. The number of thiocarbonyl (C=S) groups is 1. The second-order valence-electron chi connectivity index (χ2n) is 6.20. The molecular formula is C18H16ClN3OS. The Hall–Kier alpha value is -1.95. The maximum Gasteiger partial charge on any atom is 0.138 e. The first-order valence-corrected chi connectivity index (χ1v) is 8.47. The smallest absolute Gasteiger partial charge is 0.138 e. The molecule has 2 aromatic carbocycles. The first kappa shape index (κ1) is 15.6. The summed E-state index contributed by atoms with van der Waals surface area (Å²) in [5, 5.41) is 4.07. The second-order valence-corrected chi connectivity index (χ2v) is 7.13. The monoisotopic (exact) mass is 357 g/mol. The van der Waals surface area contributed by atoms with Crippen molar-refractivity contribution in [1.82, 2.24) is 15.3 Å². The number of halogens is 1. The van der Waals surface area contributed by atoms with Gasteiger partial charge in [-0.2, -0.15) is 0 Å². The van der Waals surface area contributed by atoms with Crippen molar-refractivity contribution in [3.63, 3.8) is 0 Å². The molecule has 24 heavy (non-hydrogen) atoms. The molecule has 1 aliphatic heterocycles. The SMILES string of the molecule is C[C@]1(c2cccc(-c3nc4ccc(Cl)cc4[nH]3)c2)COCC(=S)N1. The van der Waals surface area contributed by atoms with E-state index in [0.717, 1.165) is 33.0 Å². The second kappa shape index (κ2) is 5.84. The lowest BCUT2D eigenvalue weighted by Gasteiger charge is -2.36. The molecule has 3 aromatic rings. The van der Waals surface area contributed by atoms with Crippen molar-refractivity contribution in [1.29, 1.82) is 0 Å². The van der Waals surface area contributed by atoms with Crippen molar-refractivity contribution < 1.29 is 4.74 Å². The van der Waals surface area contributed by atoms with Gasteiger partial charge in [-0.3, -0.25) is 0 Å². The van der Waals surface area contributed by atoms with Crippen LogP contribution in [0.25, 0.3) is 22.4 Å². The number of hydrogen-bond donors (Lipinski definition) is 2. The zero-order valence-corrected chi connectivity index (χ0v) is 14.7. The Morgan fingerprint density at radius 3 is 2.96 bits per heavy atom. The van der Waals surface area contributed by atoms with Crippen molar-refractivity contribution in [3.05, 3.63) is 53.1 Å². The van der Waals surface area contributed by atoms with Crippen molar-refractivity contribution in [2.24, 2.45) is 0 Å². The quantitative estimate of drug-likeness (QED) is 0.679. The number of nitrogens with one attached hydrogen (secondary N) is 2. The van der Waals surface area contributed by atoms with E-state index >= 15 is 0 Å². The average molecular weight is 358 g/mol. The molecule has 2 N–H and O–H groups in total. The van der Waals surface area contributed by atoms with Crippen LogP contribution in [0, 0.1) is 0 Å². The summed E-state index contributed by atoms with van der Waals surface area (Å²) in [5.41, 5.74) is 3.61. The van der Waals surface area contributed by atoms with Gasteiger partial charge in [0.1, 0.15) is 10.8 Å². The van der Waals surface area contributed by atoms with Crippen LogP contribution in [-0.2, 0) is 10.3 Å². The van der Waals surface area contributed by atoms with E-state index in [4.69, 9.17) is 28.6 Å². The number of H-pyrrole nitrogens is 1.